The largest absolute Gasteiger partial charge is 0.462 e. The number of carbonyl (C=O) groups is 3. The van der Waals surface area contributed by atoms with E-state index in [0.29, 0.717) is 19.3 Å². The number of carbonyl (C=O) groups excluding carboxylic acids is 3. The summed E-state index contributed by atoms with van der Waals surface area (Å²) in [6.45, 7) is 6.49. The molecule has 0 spiro atoms. The van der Waals surface area contributed by atoms with Crippen LogP contribution in [0.25, 0.3) is 0 Å². The Morgan fingerprint density at radius 1 is 0.313 bits per heavy atom. The molecule has 67 heavy (non-hydrogen) atoms. The van der Waals surface area contributed by atoms with Gasteiger partial charge >= 0.3 is 17.9 Å². The molecule has 388 valence electrons. The molecule has 0 rings (SSSR count). The fourth-order valence-corrected chi connectivity index (χ4v) is 8.14. The molecule has 0 fully saturated rings. The van der Waals surface area contributed by atoms with E-state index in [4.69, 9.17) is 14.2 Å². The first-order chi connectivity index (χ1) is 33.0. The Kier molecular flexibility index (Phi) is 53.3. The summed E-state index contributed by atoms with van der Waals surface area (Å²) in [4.78, 5) is 38.1. The van der Waals surface area contributed by atoms with Crippen molar-refractivity contribution in [2.24, 2.45) is 0 Å². The third kappa shape index (κ3) is 53.9. The molecule has 0 bridgehead atoms. The van der Waals surface area contributed by atoms with Crippen molar-refractivity contribution in [3.8, 4) is 0 Å². The molecule has 0 aliphatic carbocycles. The quantitative estimate of drug-likeness (QED) is 0.0262. The molecule has 0 aliphatic rings. The van der Waals surface area contributed by atoms with Gasteiger partial charge in [-0.2, -0.15) is 0 Å². The standard InChI is InChI=1S/C61H108O6/c1-4-7-10-13-16-19-22-24-26-27-28-29-30-31-32-33-35-36-39-42-45-48-51-54-60(63)66-57-58(56-65-59(62)53-50-47-44-41-38-21-18-15-12-9-6-3)67-61(64)55-52-49-46-43-40-37-34-25-23-20-17-14-11-8-5-2/h8,11,15,17-18,20,25,27-28,34,58H,4-7,9-10,12-14,16,19,21-24,26,29-33,35-57H2,1-3H3/b11-8-,18-15-,20-17-,28-27-,34-25-. The van der Waals surface area contributed by atoms with Gasteiger partial charge in [0.05, 0.1) is 0 Å². The zero-order chi connectivity index (χ0) is 48.6. The monoisotopic (exact) mass is 937 g/mol. The van der Waals surface area contributed by atoms with E-state index < -0.39 is 6.10 Å². The maximum atomic E-state index is 12.8. The molecule has 0 aromatic carbocycles. The van der Waals surface area contributed by atoms with Crippen LogP contribution < -0.4 is 0 Å². The minimum absolute atomic E-state index is 0.0833. The van der Waals surface area contributed by atoms with Crippen LogP contribution in [0.4, 0.5) is 0 Å². The van der Waals surface area contributed by atoms with Gasteiger partial charge in [0.1, 0.15) is 13.2 Å². The molecular weight excluding hydrogens is 829 g/mol. The number of rotatable bonds is 52. The molecule has 6 heteroatoms. The maximum Gasteiger partial charge on any atom is 0.306 e. The Morgan fingerprint density at radius 2 is 0.597 bits per heavy atom. The highest BCUT2D eigenvalue weighted by Crippen LogP contribution is 2.16. The van der Waals surface area contributed by atoms with Crippen molar-refractivity contribution in [1.29, 1.82) is 0 Å². The van der Waals surface area contributed by atoms with Crippen molar-refractivity contribution in [2.45, 2.75) is 297 Å². The molecule has 0 radical (unpaired) electrons. The summed E-state index contributed by atoms with van der Waals surface area (Å²) in [7, 11) is 0. The van der Waals surface area contributed by atoms with Crippen LogP contribution in [0.5, 0.6) is 0 Å². The molecule has 0 N–H and O–H groups in total. The van der Waals surface area contributed by atoms with Crippen LogP contribution in [0.3, 0.4) is 0 Å². The van der Waals surface area contributed by atoms with Gasteiger partial charge in [-0.3, -0.25) is 14.4 Å². The van der Waals surface area contributed by atoms with E-state index in [0.717, 1.165) is 103 Å². The molecule has 0 saturated heterocycles. The Balaban J connectivity index is 4.28. The minimum Gasteiger partial charge on any atom is -0.462 e. The number of ether oxygens (including phenoxy) is 3. The number of allylic oxidation sites excluding steroid dienone is 10. The third-order valence-electron chi connectivity index (χ3n) is 12.5. The zero-order valence-electron chi connectivity index (χ0n) is 44.4. The van der Waals surface area contributed by atoms with Gasteiger partial charge in [-0.25, -0.2) is 0 Å². The van der Waals surface area contributed by atoms with E-state index in [1.54, 1.807) is 0 Å². The van der Waals surface area contributed by atoms with Crippen molar-refractivity contribution in [1.82, 2.24) is 0 Å². The molecule has 0 amide bonds. The molecule has 6 nitrogen and oxygen atoms in total. The van der Waals surface area contributed by atoms with E-state index in [1.807, 2.05) is 0 Å². The molecule has 0 aromatic heterocycles. The summed E-state index contributed by atoms with van der Waals surface area (Å²) in [6.07, 6.45) is 69.4. The van der Waals surface area contributed by atoms with Crippen LogP contribution in [0.15, 0.2) is 60.8 Å². The van der Waals surface area contributed by atoms with Gasteiger partial charge in [0.2, 0.25) is 0 Å². The second-order valence-corrected chi connectivity index (χ2v) is 19.2. The highest BCUT2D eigenvalue weighted by atomic mass is 16.6. The highest BCUT2D eigenvalue weighted by molar-refractivity contribution is 5.71. The van der Waals surface area contributed by atoms with Crippen LogP contribution in [0, 0.1) is 0 Å². The minimum atomic E-state index is -0.786. The Morgan fingerprint density at radius 3 is 0.970 bits per heavy atom. The van der Waals surface area contributed by atoms with Crippen LogP contribution in [-0.2, 0) is 28.6 Å². The molecule has 0 aromatic rings. The van der Waals surface area contributed by atoms with Gasteiger partial charge < -0.3 is 14.2 Å². The lowest BCUT2D eigenvalue weighted by atomic mass is 10.0. The second-order valence-electron chi connectivity index (χ2n) is 19.2. The van der Waals surface area contributed by atoms with E-state index in [9.17, 15) is 14.4 Å². The predicted molar refractivity (Wildman–Crippen MR) is 288 cm³/mol. The van der Waals surface area contributed by atoms with Crippen LogP contribution in [0.1, 0.15) is 290 Å². The van der Waals surface area contributed by atoms with Gasteiger partial charge in [-0.05, 0) is 96.3 Å². The van der Waals surface area contributed by atoms with Gasteiger partial charge in [-0.15, -0.1) is 0 Å². The smallest absolute Gasteiger partial charge is 0.306 e. The second kappa shape index (κ2) is 55.7. The summed E-state index contributed by atoms with van der Waals surface area (Å²) < 4.78 is 16.8. The first kappa shape index (κ1) is 64.1. The van der Waals surface area contributed by atoms with Crippen molar-refractivity contribution < 1.29 is 28.6 Å². The SMILES string of the molecule is CC/C=C\C/C=C\C/C=C\CCCCCCCC(=O)OC(COC(=O)CCCCCCC/C=C\CCCC)COC(=O)CCCCCCCCCCCCC/C=C\CCCCCCCCCC. The topological polar surface area (TPSA) is 78.9 Å². The Bertz CT molecular complexity index is 1210. The third-order valence-corrected chi connectivity index (χ3v) is 12.5. The van der Waals surface area contributed by atoms with Gasteiger partial charge in [0.25, 0.3) is 0 Å². The lowest BCUT2D eigenvalue weighted by molar-refractivity contribution is -0.167. The van der Waals surface area contributed by atoms with Crippen molar-refractivity contribution in [3.63, 3.8) is 0 Å². The zero-order valence-corrected chi connectivity index (χ0v) is 44.4. The van der Waals surface area contributed by atoms with E-state index in [-0.39, 0.29) is 31.1 Å². The predicted octanol–water partition coefficient (Wildman–Crippen LogP) is 19.2. The van der Waals surface area contributed by atoms with Crippen LogP contribution in [0.2, 0.25) is 0 Å². The average Bonchev–Trinajstić information content (AvgIpc) is 3.33. The lowest BCUT2D eigenvalue weighted by Crippen LogP contribution is -2.30. The fourth-order valence-electron chi connectivity index (χ4n) is 8.14. The summed E-state index contributed by atoms with van der Waals surface area (Å²) in [5.74, 6) is -0.903. The van der Waals surface area contributed by atoms with E-state index in [1.165, 1.54) is 148 Å². The summed E-state index contributed by atoms with van der Waals surface area (Å²) in [6, 6.07) is 0. The Hall–Kier alpha value is -2.89. The van der Waals surface area contributed by atoms with Crippen molar-refractivity contribution >= 4 is 17.9 Å². The number of unbranched alkanes of at least 4 members (excludes halogenated alkanes) is 31. The van der Waals surface area contributed by atoms with Crippen molar-refractivity contribution in [2.75, 3.05) is 13.2 Å². The number of hydrogen-bond donors (Lipinski definition) is 0. The first-order valence-electron chi connectivity index (χ1n) is 28.8. The van der Waals surface area contributed by atoms with Gasteiger partial charge in [0, 0.05) is 19.3 Å². The molecule has 1 atom stereocenters. The Labute approximate surface area is 415 Å². The van der Waals surface area contributed by atoms with Crippen LogP contribution in [-0.4, -0.2) is 37.2 Å². The fraction of sp³-hybridized carbons (Fsp3) is 0.787. The summed E-state index contributed by atoms with van der Waals surface area (Å²) >= 11 is 0. The molecular formula is C61H108O6. The van der Waals surface area contributed by atoms with E-state index >= 15 is 0 Å². The highest BCUT2D eigenvalue weighted by Gasteiger charge is 2.19. The maximum absolute atomic E-state index is 12.8. The van der Waals surface area contributed by atoms with Crippen molar-refractivity contribution in [3.05, 3.63) is 60.8 Å². The van der Waals surface area contributed by atoms with Gasteiger partial charge in [-0.1, -0.05) is 236 Å². The molecule has 0 saturated carbocycles. The lowest BCUT2D eigenvalue weighted by Gasteiger charge is -2.18. The summed E-state index contributed by atoms with van der Waals surface area (Å²) in [5.41, 5.74) is 0. The number of esters is 3. The molecule has 1 unspecified atom stereocenters. The average molecular weight is 938 g/mol. The summed E-state index contributed by atoms with van der Waals surface area (Å²) in [5, 5.41) is 0. The first-order valence-corrected chi connectivity index (χ1v) is 28.8. The van der Waals surface area contributed by atoms with E-state index in [2.05, 4.69) is 81.5 Å². The normalized spacial score (nSPS) is 12.5. The van der Waals surface area contributed by atoms with Gasteiger partial charge in [0.15, 0.2) is 6.10 Å². The van der Waals surface area contributed by atoms with Crippen LogP contribution >= 0.6 is 0 Å². The number of hydrogen-bond acceptors (Lipinski definition) is 6. The molecule has 0 aliphatic heterocycles. The molecule has 0 heterocycles.